The lowest BCUT2D eigenvalue weighted by molar-refractivity contribution is 0.301. The minimum atomic E-state index is -0.408. The molecule has 1 aromatic rings. The molecule has 2 rings (SSSR count). The third kappa shape index (κ3) is 2.37. The van der Waals surface area contributed by atoms with Crippen LogP contribution in [0.4, 0.5) is 10.1 Å². The maximum atomic E-state index is 13.0. The van der Waals surface area contributed by atoms with Gasteiger partial charge in [0, 0.05) is 6.07 Å². The van der Waals surface area contributed by atoms with Crippen LogP contribution in [-0.4, -0.2) is 6.61 Å². The Labute approximate surface area is 82.9 Å². The van der Waals surface area contributed by atoms with Crippen molar-refractivity contribution in [2.24, 2.45) is 5.92 Å². The molecule has 2 nitrogen and oxygen atoms in total. The molecule has 0 atom stereocenters. The van der Waals surface area contributed by atoms with Crippen LogP contribution in [0.1, 0.15) is 19.3 Å². The maximum Gasteiger partial charge on any atom is 0.149 e. The van der Waals surface area contributed by atoms with Crippen LogP contribution >= 0.6 is 0 Å². The second-order valence-corrected chi connectivity index (χ2v) is 3.76. The third-order valence-electron chi connectivity index (χ3n) is 2.46. The maximum absolute atomic E-state index is 13.0. The van der Waals surface area contributed by atoms with Crippen LogP contribution in [0.2, 0.25) is 0 Å². The van der Waals surface area contributed by atoms with Gasteiger partial charge in [0.1, 0.15) is 11.6 Å². The van der Waals surface area contributed by atoms with Crippen LogP contribution < -0.4 is 10.5 Å². The van der Waals surface area contributed by atoms with Crippen molar-refractivity contribution in [1.82, 2.24) is 0 Å². The van der Waals surface area contributed by atoms with E-state index in [1.54, 1.807) is 6.07 Å². The monoisotopic (exact) mass is 195 g/mol. The summed E-state index contributed by atoms with van der Waals surface area (Å²) in [6.45, 7) is 0.675. The second-order valence-electron chi connectivity index (χ2n) is 3.76. The zero-order valence-electron chi connectivity index (χ0n) is 8.00. The number of anilines is 1. The van der Waals surface area contributed by atoms with Crippen LogP contribution in [-0.2, 0) is 0 Å². The number of hydrogen-bond acceptors (Lipinski definition) is 2. The predicted octanol–water partition coefficient (Wildman–Crippen LogP) is 2.59. The van der Waals surface area contributed by atoms with E-state index >= 15 is 0 Å². The molecule has 14 heavy (non-hydrogen) atoms. The zero-order valence-corrected chi connectivity index (χ0v) is 8.00. The molecule has 2 N–H and O–H groups in total. The predicted molar refractivity (Wildman–Crippen MR) is 53.6 cm³/mol. The van der Waals surface area contributed by atoms with E-state index in [1.807, 2.05) is 0 Å². The van der Waals surface area contributed by atoms with Gasteiger partial charge >= 0.3 is 0 Å². The number of ether oxygens (including phenoxy) is 1. The Hall–Kier alpha value is -1.25. The highest BCUT2D eigenvalue weighted by Gasteiger charge is 2.20. The standard InChI is InChI=1S/C11H14FNO/c12-10-7-9(3-4-11(10)13)14-6-5-8-1-2-8/h3-4,7-8H,1-2,5-6,13H2. The smallest absolute Gasteiger partial charge is 0.149 e. The van der Waals surface area contributed by atoms with E-state index in [1.165, 1.54) is 25.0 Å². The molecular weight excluding hydrogens is 181 g/mol. The molecule has 1 saturated carbocycles. The van der Waals surface area contributed by atoms with Gasteiger partial charge in [-0.1, -0.05) is 12.8 Å². The molecule has 0 bridgehead atoms. The van der Waals surface area contributed by atoms with Crippen LogP contribution in [0.5, 0.6) is 5.75 Å². The number of nitrogens with two attached hydrogens (primary N) is 1. The fraction of sp³-hybridized carbons (Fsp3) is 0.455. The SMILES string of the molecule is Nc1ccc(OCCC2CC2)cc1F. The number of hydrogen-bond donors (Lipinski definition) is 1. The van der Waals surface area contributed by atoms with Gasteiger partial charge in [0.25, 0.3) is 0 Å². The number of benzene rings is 1. The topological polar surface area (TPSA) is 35.2 Å². The van der Waals surface area contributed by atoms with Crippen LogP contribution in [0.3, 0.4) is 0 Å². The fourth-order valence-electron chi connectivity index (χ4n) is 1.35. The lowest BCUT2D eigenvalue weighted by atomic mass is 10.3. The number of halogens is 1. The second kappa shape index (κ2) is 3.86. The molecule has 1 aliphatic carbocycles. The Balaban J connectivity index is 1.85. The molecular formula is C11H14FNO. The van der Waals surface area contributed by atoms with E-state index in [4.69, 9.17) is 10.5 Å². The van der Waals surface area contributed by atoms with Crippen molar-refractivity contribution in [3.05, 3.63) is 24.0 Å². The van der Waals surface area contributed by atoms with Crippen LogP contribution in [0, 0.1) is 11.7 Å². The molecule has 0 spiro atoms. The first kappa shape index (κ1) is 9.31. The van der Waals surface area contributed by atoms with Gasteiger partial charge in [-0.05, 0) is 24.5 Å². The Morgan fingerprint density at radius 3 is 2.86 bits per heavy atom. The lowest BCUT2D eigenvalue weighted by Crippen LogP contribution is -1.99. The van der Waals surface area contributed by atoms with E-state index in [2.05, 4.69) is 0 Å². The van der Waals surface area contributed by atoms with Crippen molar-refractivity contribution in [2.45, 2.75) is 19.3 Å². The number of rotatable bonds is 4. The molecule has 1 fully saturated rings. The van der Waals surface area contributed by atoms with Gasteiger partial charge < -0.3 is 10.5 Å². The van der Waals surface area contributed by atoms with Crippen molar-refractivity contribution in [3.63, 3.8) is 0 Å². The average molecular weight is 195 g/mol. The highest BCUT2D eigenvalue weighted by Crippen LogP contribution is 2.32. The third-order valence-corrected chi connectivity index (χ3v) is 2.46. The summed E-state index contributed by atoms with van der Waals surface area (Å²) < 4.78 is 18.4. The summed E-state index contributed by atoms with van der Waals surface area (Å²) in [5.41, 5.74) is 5.51. The first-order chi connectivity index (χ1) is 6.75. The van der Waals surface area contributed by atoms with Crippen molar-refractivity contribution < 1.29 is 9.13 Å². The molecule has 0 aromatic heterocycles. The average Bonchev–Trinajstić information content (AvgIpc) is 2.95. The molecule has 0 saturated heterocycles. The Bertz CT molecular complexity index is 323. The largest absolute Gasteiger partial charge is 0.493 e. The molecule has 1 aromatic carbocycles. The van der Waals surface area contributed by atoms with Crippen molar-refractivity contribution >= 4 is 5.69 Å². The summed E-state index contributed by atoms with van der Waals surface area (Å²) in [5, 5.41) is 0. The minimum Gasteiger partial charge on any atom is -0.493 e. The van der Waals surface area contributed by atoms with Crippen LogP contribution in [0.15, 0.2) is 18.2 Å². The first-order valence-electron chi connectivity index (χ1n) is 4.93. The van der Waals surface area contributed by atoms with E-state index in [-0.39, 0.29) is 5.69 Å². The summed E-state index contributed by atoms with van der Waals surface area (Å²) in [7, 11) is 0. The summed E-state index contributed by atoms with van der Waals surface area (Å²) in [6, 6.07) is 4.56. The first-order valence-corrected chi connectivity index (χ1v) is 4.93. The van der Waals surface area contributed by atoms with E-state index in [0.29, 0.717) is 12.4 Å². The molecule has 0 unspecified atom stereocenters. The normalized spacial score (nSPS) is 15.5. The molecule has 1 aliphatic rings. The highest BCUT2D eigenvalue weighted by atomic mass is 19.1. The van der Waals surface area contributed by atoms with Crippen molar-refractivity contribution in [1.29, 1.82) is 0 Å². The lowest BCUT2D eigenvalue weighted by Gasteiger charge is -2.06. The zero-order chi connectivity index (χ0) is 9.97. The van der Waals surface area contributed by atoms with E-state index in [9.17, 15) is 4.39 Å². The number of nitrogen functional groups attached to an aromatic ring is 1. The summed E-state index contributed by atoms with van der Waals surface area (Å²) in [6.07, 6.45) is 3.71. The summed E-state index contributed by atoms with van der Waals surface area (Å²) in [4.78, 5) is 0. The van der Waals surface area contributed by atoms with Crippen LogP contribution in [0.25, 0.3) is 0 Å². The summed E-state index contributed by atoms with van der Waals surface area (Å²) >= 11 is 0. The van der Waals surface area contributed by atoms with E-state index < -0.39 is 5.82 Å². The minimum absolute atomic E-state index is 0.166. The van der Waals surface area contributed by atoms with Gasteiger partial charge in [0.15, 0.2) is 0 Å². The quantitative estimate of drug-likeness (QED) is 0.749. The molecule has 0 amide bonds. The molecule has 3 heteroatoms. The molecule has 0 heterocycles. The van der Waals surface area contributed by atoms with Gasteiger partial charge in [-0.25, -0.2) is 4.39 Å². The molecule has 76 valence electrons. The van der Waals surface area contributed by atoms with Crippen molar-refractivity contribution in [2.75, 3.05) is 12.3 Å². The molecule has 0 radical (unpaired) electrons. The van der Waals surface area contributed by atoms with Gasteiger partial charge in [-0.3, -0.25) is 0 Å². The summed E-state index contributed by atoms with van der Waals surface area (Å²) in [5.74, 6) is 1.000. The van der Waals surface area contributed by atoms with E-state index in [0.717, 1.165) is 12.3 Å². The Morgan fingerprint density at radius 2 is 2.21 bits per heavy atom. The molecule has 0 aliphatic heterocycles. The van der Waals surface area contributed by atoms with Gasteiger partial charge in [-0.2, -0.15) is 0 Å². The van der Waals surface area contributed by atoms with Crippen molar-refractivity contribution in [3.8, 4) is 5.75 Å². The van der Waals surface area contributed by atoms with Gasteiger partial charge in [0.05, 0.1) is 12.3 Å². The fourth-order valence-corrected chi connectivity index (χ4v) is 1.35. The Morgan fingerprint density at radius 1 is 1.43 bits per heavy atom. The van der Waals surface area contributed by atoms with Gasteiger partial charge in [0.2, 0.25) is 0 Å². The highest BCUT2D eigenvalue weighted by molar-refractivity contribution is 5.43. The van der Waals surface area contributed by atoms with Gasteiger partial charge in [-0.15, -0.1) is 0 Å². The Kier molecular flexibility index (Phi) is 2.57.